The van der Waals surface area contributed by atoms with E-state index in [1.165, 1.54) is 0 Å². The van der Waals surface area contributed by atoms with Crippen LogP contribution in [0.5, 0.6) is 0 Å². The lowest BCUT2D eigenvalue weighted by atomic mass is 10.4. The first-order valence-electron chi connectivity index (χ1n) is 2.85. The van der Waals surface area contributed by atoms with Gasteiger partial charge in [-0.2, -0.15) is 0 Å². The monoisotopic (exact) mass is 156 g/mol. The molecule has 0 spiro atoms. The van der Waals surface area contributed by atoms with Crippen LogP contribution in [0.2, 0.25) is 0 Å². The van der Waals surface area contributed by atoms with Crippen LogP contribution in [0.3, 0.4) is 0 Å². The van der Waals surface area contributed by atoms with E-state index in [1.807, 2.05) is 0 Å². The molecule has 1 aromatic rings. The third-order valence-corrected chi connectivity index (χ3v) is 1.26. The van der Waals surface area contributed by atoms with Crippen molar-refractivity contribution in [3.8, 4) is 0 Å². The molecule has 4 heteroatoms. The van der Waals surface area contributed by atoms with Crippen molar-refractivity contribution in [3.63, 3.8) is 0 Å². The van der Waals surface area contributed by atoms with E-state index in [2.05, 4.69) is 9.97 Å². The zero-order chi connectivity index (χ0) is 7.40. The summed E-state index contributed by atoms with van der Waals surface area (Å²) in [7, 11) is 1.64. The van der Waals surface area contributed by atoms with Crippen molar-refractivity contribution in [1.82, 2.24) is 9.97 Å². The van der Waals surface area contributed by atoms with Crippen LogP contribution in [0.1, 0.15) is 5.69 Å². The lowest BCUT2D eigenvalue weighted by Crippen LogP contribution is -1.91. The Morgan fingerprint density at radius 3 is 3.20 bits per heavy atom. The summed E-state index contributed by atoms with van der Waals surface area (Å²) in [6, 6.07) is 1.78. The van der Waals surface area contributed by atoms with E-state index in [1.54, 1.807) is 19.5 Å². The summed E-state index contributed by atoms with van der Waals surface area (Å²) < 4.78 is 5.47. The molecule has 0 unspecified atom stereocenters. The third kappa shape index (κ3) is 1.89. The van der Waals surface area contributed by atoms with Crippen LogP contribution in [0.25, 0.3) is 0 Å². The Balaban J connectivity index is 2.85. The molecule has 0 aromatic carbocycles. The van der Waals surface area contributed by atoms with Gasteiger partial charge in [-0.25, -0.2) is 4.98 Å². The van der Waals surface area contributed by atoms with Crippen molar-refractivity contribution in [1.29, 1.82) is 0 Å². The molecule has 10 heavy (non-hydrogen) atoms. The minimum atomic E-state index is 0.548. The number of aromatic nitrogens is 2. The highest BCUT2D eigenvalue weighted by Crippen LogP contribution is 1.93. The fraction of sp³-hybridized carbons (Fsp3) is 0.333. The molecule has 54 valence electrons. The maximum Gasteiger partial charge on any atom is 0.129 e. The average molecular weight is 156 g/mol. The summed E-state index contributed by atoms with van der Waals surface area (Å²) >= 11 is 4.83. The minimum absolute atomic E-state index is 0.548. The second kappa shape index (κ2) is 3.43. The molecule has 0 fully saturated rings. The van der Waals surface area contributed by atoms with Gasteiger partial charge in [0.15, 0.2) is 0 Å². The quantitative estimate of drug-likeness (QED) is 0.655. The van der Waals surface area contributed by atoms with E-state index in [-0.39, 0.29) is 0 Å². The van der Waals surface area contributed by atoms with Crippen LogP contribution in [0.4, 0.5) is 0 Å². The smallest absolute Gasteiger partial charge is 0.129 e. The Bertz CT molecular complexity index is 258. The number of hydrogen-bond donors (Lipinski definition) is 1. The number of hydrogen-bond acceptors (Lipinski definition) is 3. The van der Waals surface area contributed by atoms with Crippen molar-refractivity contribution < 1.29 is 4.74 Å². The fourth-order valence-corrected chi connectivity index (χ4v) is 0.841. The van der Waals surface area contributed by atoms with Gasteiger partial charge in [0.2, 0.25) is 0 Å². The zero-order valence-electron chi connectivity index (χ0n) is 5.63. The molecule has 0 atom stereocenters. The minimum Gasteiger partial charge on any atom is -0.378 e. The summed E-state index contributed by atoms with van der Waals surface area (Å²) in [5.41, 5.74) is 0.947. The van der Waals surface area contributed by atoms with Crippen molar-refractivity contribution in [2.75, 3.05) is 7.11 Å². The molecule has 0 bridgehead atoms. The number of methoxy groups -OCH3 is 1. The number of nitrogens with one attached hydrogen (secondary N) is 1. The van der Waals surface area contributed by atoms with E-state index in [4.69, 9.17) is 17.0 Å². The molecule has 0 aliphatic heterocycles. The van der Waals surface area contributed by atoms with Crippen molar-refractivity contribution in [2.45, 2.75) is 6.61 Å². The Labute approximate surface area is 64.1 Å². The highest BCUT2D eigenvalue weighted by molar-refractivity contribution is 7.71. The Morgan fingerprint density at radius 1 is 1.80 bits per heavy atom. The van der Waals surface area contributed by atoms with Gasteiger partial charge in [0.1, 0.15) is 4.64 Å². The topological polar surface area (TPSA) is 37.9 Å². The van der Waals surface area contributed by atoms with Crippen LogP contribution in [0.15, 0.2) is 12.4 Å². The summed E-state index contributed by atoms with van der Waals surface area (Å²) in [4.78, 5) is 6.73. The largest absolute Gasteiger partial charge is 0.378 e. The van der Waals surface area contributed by atoms with Gasteiger partial charge in [-0.1, -0.05) is 12.2 Å². The molecule has 0 radical (unpaired) electrons. The number of nitrogens with zero attached hydrogens (tertiary/aromatic N) is 1. The molecule has 1 N–H and O–H groups in total. The Hall–Kier alpha value is -0.740. The number of H-pyrrole nitrogens is 1. The van der Waals surface area contributed by atoms with E-state index in [9.17, 15) is 0 Å². The van der Waals surface area contributed by atoms with E-state index >= 15 is 0 Å². The van der Waals surface area contributed by atoms with E-state index in [0.717, 1.165) is 5.69 Å². The second-order valence-electron chi connectivity index (χ2n) is 1.84. The van der Waals surface area contributed by atoms with Gasteiger partial charge >= 0.3 is 0 Å². The molecule has 3 nitrogen and oxygen atoms in total. The summed E-state index contributed by atoms with van der Waals surface area (Å²) in [6.07, 6.45) is 1.57. The first kappa shape index (κ1) is 7.37. The summed E-state index contributed by atoms with van der Waals surface area (Å²) in [5.74, 6) is 0. The van der Waals surface area contributed by atoms with Gasteiger partial charge in [0.25, 0.3) is 0 Å². The maximum atomic E-state index is 4.88. The Morgan fingerprint density at radius 2 is 2.60 bits per heavy atom. The third-order valence-electron chi connectivity index (χ3n) is 1.04. The molecule has 1 heterocycles. The maximum absolute atomic E-state index is 4.88. The molecule has 0 saturated heterocycles. The number of aromatic amines is 1. The predicted octanol–water partition coefficient (Wildman–Crippen LogP) is 1.29. The van der Waals surface area contributed by atoms with Gasteiger partial charge in [0.05, 0.1) is 12.9 Å². The van der Waals surface area contributed by atoms with Gasteiger partial charge in [-0.15, -0.1) is 0 Å². The first-order chi connectivity index (χ1) is 4.83. The van der Waals surface area contributed by atoms with Crippen LogP contribution in [0, 0.1) is 4.64 Å². The molecule has 1 rings (SSSR count). The van der Waals surface area contributed by atoms with Gasteiger partial charge in [-0.3, -0.25) is 0 Å². The molecule has 0 aliphatic rings. The predicted molar refractivity (Wildman–Crippen MR) is 40.1 cm³/mol. The molecule has 0 saturated carbocycles. The van der Waals surface area contributed by atoms with Crippen molar-refractivity contribution in [2.24, 2.45) is 0 Å². The molecular weight excluding hydrogens is 148 g/mol. The fourth-order valence-electron chi connectivity index (χ4n) is 0.646. The van der Waals surface area contributed by atoms with Crippen molar-refractivity contribution in [3.05, 3.63) is 22.7 Å². The molecule has 1 aromatic heterocycles. The summed E-state index contributed by atoms with van der Waals surface area (Å²) in [6.45, 7) is 0.548. The van der Waals surface area contributed by atoms with Gasteiger partial charge in [0, 0.05) is 12.8 Å². The lowest BCUT2D eigenvalue weighted by molar-refractivity contribution is 0.181. The molecule has 0 aliphatic carbocycles. The van der Waals surface area contributed by atoms with Gasteiger partial charge in [-0.05, 0) is 6.07 Å². The van der Waals surface area contributed by atoms with E-state index in [0.29, 0.717) is 11.2 Å². The van der Waals surface area contributed by atoms with Crippen LogP contribution >= 0.6 is 12.2 Å². The second-order valence-corrected chi connectivity index (χ2v) is 2.26. The standard InChI is InChI=1S/C6H8N2OS/c1-9-3-5-2-6(10)8-4-7-5/h2,4H,3H2,1H3,(H,7,8,10). The Kier molecular flexibility index (Phi) is 2.53. The van der Waals surface area contributed by atoms with E-state index < -0.39 is 0 Å². The normalized spacial score (nSPS) is 9.70. The van der Waals surface area contributed by atoms with Gasteiger partial charge < -0.3 is 9.72 Å². The average Bonchev–Trinajstić information content (AvgIpc) is 1.88. The SMILES string of the molecule is COCc1cc(=S)nc[nH]1. The highest BCUT2D eigenvalue weighted by atomic mass is 32.1. The molecular formula is C6H8N2OS. The lowest BCUT2D eigenvalue weighted by Gasteiger charge is -1.96. The first-order valence-corrected chi connectivity index (χ1v) is 3.26. The van der Waals surface area contributed by atoms with Crippen LogP contribution in [-0.4, -0.2) is 17.1 Å². The zero-order valence-corrected chi connectivity index (χ0v) is 6.44. The van der Waals surface area contributed by atoms with Crippen molar-refractivity contribution >= 4 is 12.2 Å². The number of rotatable bonds is 2. The van der Waals surface area contributed by atoms with Crippen LogP contribution < -0.4 is 0 Å². The molecule has 0 amide bonds. The summed E-state index contributed by atoms with van der Waals surface area (Å²) in [5, 5.41) is 0. The number of ether oxygens (including phenoxy) is 1. The van der Waals surface area contributed by atoms with Crippen LogP contribution in [-0.2, 0) is 11.3 Å². The highest BCUT2D eigenvalue weighted by Gasteiger charge is 1.88.